The first kappa shape index (κ1) is 15.1. The zero-order chi connectivity index (χ0) is 13.6. The molecule has 0 N–H and O–H groups in total. The van der Waals surface area contributed by atoms with Crippen molar-refractivity contribution >= 4 is 18.6 Å². The molecule has 0 aromatic carbocycles. The minimum absolute atomic E-state index is 0.0279. The van der Waals surface area contributed by atoms with E-state index in [0.717, 1.165) is 0 Å². The van der Waals surface area contributed by atoms with Crippen molar-refractivity contribution in [3.8, 4) is 0 Å². The zero-order valence-corrected chi connectivity index (χ0v) is 12.4. The fourth-order valence-electron chi connectivity index (χ4n) is 2.57. The van der Waals surface area contributed by atoms with Crippen molar-refractivity contribution in [2.45, 2.75) is 45.6 Å². The first-order chi connectivity index (χ1) is 8.44. The number of hydrogen-bond donors (Lipinski definition) is 0. The molecule has 0 aromatic rings. The second-order valence-corrected chi connectivity index (χ2v) is 6.25. The standard InChI is InChI=1S/C15H27N3/c1-15(2,3)18-11-14-7-12(9-16-4)6-13(8-14)10-17-5/h9-14H,6-8H2,1-5H3. The first-order valence-electron chi connectivity index (χ1n) is 6.84. The lowest BCUT2D eigenvalue weighted by Crippen LogP contribution is -2.26. The zero-order valence-electron chi connectivity index (χ0n) is 12.4. The molecule has 18 heavy (non-hydrogen) atoms. The first-order valence-corrected chi connectivity index (χ1v) is 6.84. The fourth-order valence-corrected chi connectivity index (χ4v) is 2.57. The third kappa shape index (κ3) is 5.56. The van der Waals surface area contributed by atoms with Gasteiger partial charge in [0.25, 0.3) is 0 Å². The summed E-state index contributed by atoms with van der Waals surface area (Å²) in [5.41, 5.74) is 0.0279. The second-order valence-electron chi connectivity index (χ2n) is 6.25. The summed E-state index contributed by atoms with van der Waals surface area (Å²) in [6.07, 6.45) is 9.86. The Kier molecular flexibility index (Phi) is 5.70. The lowest BCUT2D eigenvalue weighted by Gasteiger charge is -2.30. The van der Waals surface area contributed by atoms with Crippen LogP contribution in [0.15, 0.2) is 15.0 Å². The molecule has 1 saturated carbocycles. The molecule has 0 bridgehead atoms. The van der Waals surface area contributed by atoms with Crippen LogP contribution in [0, 0.1) is 17.8 Å². The molecule has 0 aliphatic heterocycles. The van der Waals surface area contributed by atoms with Gasteiger partial charge in [0.05, 0.1) is 5.54 Å². The van der Waals surface area contributed by atoms with E-state index in [0.29, 0.717) is 17.8 Å². The molecule has 2 atom stereocenters. The lowest BCUT2D eigenvalue weighted by atomic mass is 9.76. The summed E-state index contributed by atoms with van der Waals surface area (Å²) >= 11 is 0. The Hall–Kier alpha value is -0.990. The smallest absolute Gasteiger partial charge is 0.0520 e. The van der Waals surface area contributed by atoms with Crippen molar-refractivity contribution in [1.29, 1.82) is 0 Å². The van der Waals surface area contributed by atoms with Gasteiger partial charge in [-0.3, -0.25) is 4.99 Å². The number of aliphatic imine (C=N–C) groups is 3. The maximum Gasteiger partial charge on any atom is 0.0520 e. The van der Waals surface area contributed by atoms with Gasteiger partial charge in [-0.1, -0.05) is 0 Å². The van der Waals surface area contributed by atoms with E-state index in [1.807, 2.05) is 14.1 Å². The number of rotatable bonds is 3. The SMILES string of the molecule is CN=CC1CC(C=NC)CC(C=NC(C)(C)C)C1. The Balaban J connectivity index is 2.69. The van der Waals surface area contributed by atoms with E-state index in [2.05, 4.69) is 54.4 Å². The highest BCUT2D eigenvalue weighted by molar-refractivity contribution is 5.69. The minimum atomic E-state index is 0.0279. The van der Waals surface area contributed by atoms with Crippen molar-refractivity contribution in [2.24, 2.45) is 32.7 Å². The third-order valence-electron chi connectivity index (χ3n) is 3.21. The largest absolute Gasteiger partial charge is 0.301 e. The van der Waals surface area contributed by atoms with E-state index < -0.39 is 0 Å². The van der Waals surface area contributed by atoms with Crippen molar-refractivity contribution in [3.05, 3.63) is 0 Å². The van der Waals surface area contributed by atoms with E-state index in [9.17, 15) is 0 Å². The maximum atomic E-state index is 4.66. The van der Waals surface area contributed by atoms with Gasteiger partial charge in [0.15, 0.2) is 0 Å². The van der Waals surface area contributed by atoms with Gasteiger partial charge in [-0.25, -0.2) is 0 Å². The van der Waals surface area contributed by atoms with E-state index in [-0.39, 0.29) is 5.54 Å². The van der Waals surface area contributed by atoms with E-state index >= 15 is 0 Å². The molecule has 0 spiro atoms. The van der Waals surface area contributed by atoms with Gasteiger partial charge in [0.1, 0.15) is 0 Å². The van der Waals surface area contributed by atoms with Crippen LogP contribution in [0.25, 0.3) is 0 Å². The van der Waals surface area contributed by atoms with Crippen LogP contribution >= 0.6 is 0 Å². The van der Waals surface area contributed by atoms with Crippen LogP contribution in [-0.2, 0) is 0 Å². The van der Waals surface area contributed by atoms with Crippen LogP contribution in [0.1, 0.15) is 40.0 Å². The molecule has 0 radical (unpaired) electrons. The van der Waals surface area contributed by atoms with Gasteiger partial charge < -0.3 is 9.98 Å². The molecule has 0 aromatic heterocycles. The van der Waals surface area contributed by atoms with Crippen LogP contribution in [0.2, 0.25) is 0 Å². The molecule has 0 amide bonds. The van der Waals surface area contributed by atoms with Crippen molar-refractivity contribution < 1.29 is 0 Å². The van der Waals surface area contributed by atoms with Gasteiger partial charge in [0, 0.05) is 32.7 Å². The highest BCUT2D eigenvalue weighted by Gasteiger charge is 2.26. The van der Waals surface area contributed by atoms with Crippen LogP contribution < -0.4 is 0 Å². The number of hydrogen-bond acceptors (Lipinski definition) is 3. The summed E-state index contributed by atoms with van der Waals surface area (Å²) < 4.78 is 0. The number of nitrogens with zero attached hydrogens (tertiary/aromatic N) is 3. The van der Waals surface area contributed by atoms with Gasteiger partial charge in [-0.05, 0) is 57.8 Å². The normalized spacial score (nSPS) is 30.8. The summed E-state index contributed by atoms with van der Waals surface area (Å²) in [5, 5.41) is 0. The average molecular weight is 249 g/mol. The summed E-state index contributed by atoms with van der Waals surface area (Å²) in [5.74, 6) is 1.70. The molecular formula is C15H27N3. The quantitative estimate of drug-likeness (QED) is 0.688. The summed E-state index contributed by atoms with van der Waals surface area (Å²) in [4.78, 5) is 13.0. The van der Waals surface area contributed by atoms with Crippen molar-refractivity contribution in [2.75, 3.05) is 14.1 Å². The maximum absolute atomic E-state index is 4.66. The van der Waals surface area contributed by atoms with Gasteiger partial charge in [-0.2, -0.15) is 0 Å². The van der Waals surface area contributed by atoms with E-state index in [1.165, 1.54) is 19.3 Å². The van der Waals surface area contributed by atoms with E-state index in [4.69, 9.17) is 0 Å². The molecule has 3 heteroatoms. The van der Waals surface area contributed by atoms with Crippen molar-refractivity contribution in [1.82, 2.24) is 0 Å². The Morgan fingerprint density at radius 3 is 1.50 bits per heavy atom. The van der Waals surface area contributed by atoms with Gasteiger partial charge >= 0.3 is 0 Å². The minimum Gasteiger partial charge on any atom is -0.301 e. The molecule has 2 unspecified atom stereocenters. The fraction of sp³-hybridized carbons (Fsp3) is 0.800. The monoisotopic (exact) mass is 249 g/mol. The summed E-state index contributed by atoms with van der Waals surface area (Å²) in [7, 11) is 3.71. The van der Waals surface area contributed by atoms with E-state index in [1.54, 1.807) is 0 Å². The molecular weight excluding hydrogens is 222 g/mol. The van der Waals surface area contributed by atoms with Crippen LogP contribution in [0.5, 0.6) is 0 Å². The molecule has 1 rings (SSSR count). The molecule has 1 aliphatic carbocycles. The van der Waals surface area contributed by atoms with Crippen molar-refractivity contribution in [3.63, 3.8) is 0 Å². The second kappa shape index (κ2) is 6.81. The Labute approximate surface area is 112 Å². The Morgan fingerprint density at radius 2 is 1.17 bits per heavy atom. The summed E-state index contributed by atoms with van der Waals surface area (Å²) in [6.45, 7) is 6.42. The molecule has 1 aliphatic rings. The van der Waals surface area contributed by atoms with Crippen LogP contribution in [0.3, 0.4) is 0 Å². The third-order valence-corrected chi connectivity index (χ3v) is 3.21. The molecule has 3 nitrogen and oxygen atoms in total. The Bertz CT molecular complexity index is 303. The highest BCUT2D eigenvalue weighted by atomic mass is 14.8. The molecule has 0 heterocycles. The predicted octanol–water partition coefficient (Wildman–Crippen LogP) is 3.29. The van der Waals surface area contributed by atoms with Gasteiger partial charge in [-0.15, -0.1) is 0 Å². The van der Waals surface area contributed by atoms with Crippen LogP contribution in [-0.4, -0.2) is 38.3 Å². The average Bonchev–Trinajstić information content (AvgIpc) is 2.26. The lowest BCUT2D eigenvalue weighted by molar-refractivity contribution is 0.347. The molecule has 102 valence electrons. The Morgan fingerprint density at radius 1 is 0.778 bits per heavy atom. The summed E-state index contributed by atoms with van der Waals surface area (Å²) in [6, 6.07) is 0. The van der Waals surface area contributed by atoms with Crippen LogP contribution in [0.4, 0.5) is 0 Å². The predicted molar refractivity (Wildman–Crippen MR) is 81.4 cm³/mol. The molecule has 0 saturated heterocycles. The topological polar surface area (TPSA) is 37.1 Å². The highest BCUT2D eigenvalue weighted by Crippen LogP contribution is 2.31. The van der Waals surface area contributed by atoms with Gasteiger partial charge in [0.2, 0.25) is 0 Å². The molecule has 1 fully saturated rings.